The monoisotopic (exact) mass is 469 g/mol. The van der Waals surface area contributed by atoms with E-state index in [0.29, 0.717) is 16.3 Å². The molecule has 2 aromatic carbocycles. The quantitative estimate of drug-likeness (QED) is 0.386. The van der Waals surface area contributed by atoms with Crippen LogP contribution in [0.1, 0.15) is 5.69 Å². The zero-order valence-corrected chi connectivity index (χ0v) is 17.8. The maximum absolute atomic E-state index is 13.7. The maximum Gasteiger partial charge on any atom is 0.433 e. The van der Waals surface area contributed by atoms with Crippen molar-refractivity contribution in [2.75, 3.05) is 5.73 Å². The van der Waals surface area contributed by atoms with Crippen molar-refractivity contribution in [1.82, 2.24) is 19.1 Å². The van der Waals surface area contributed by atoms with E-state index in [4.69, 9.17) is 17.3 Å². The summed E-state index contributed by atoms with van der Waals surface area (Å²) in [4.78, 5) is 21.8. The van der Waals surface area contributed by atoms with E-state index in [9.17, 15) is 18.0 Å². The number of rotatable bonds is 2. The summed E-state index contributed by atoms with van der Waals surface area (Å²) in [6.45, 7) is 0. The third kappa shape index (κ3) is 3.41. The molecule has 0 unspecified atom stereocenters. The minimum Gasteiger partial charge on any atom is -0.397 e. The van der Waals surface area contributed by atoms with Crippen LogP contribution in [0.4, 0.5) is 18.9 Å². The van der Waals surface area contributed by atoms with Gasteiger partial charge in [-0.3, -0.25) is 9.36 Å². The Hall–Kier alpha value is -3.85. The van der Waals surface area contributed by atoms with Crippen LogP contribution in [0.2, 0.25) is 5.02 Å². The number of hydrogen-bond acceptors (Lipinski definition) is 4. The summed E-state index contributed by atoms with van der Waals surface area (Å²) < 4.78 is 43.1. The van der Waals surface area contributed by atoms with Crippen LogP contribution in [0.5, 0.6) is 0 Å². The molecule has 2 N–H and O–H groups in total. The first-order chi connectivity index (χ1) is 15.6. The zero-order valence-electron chi connectivity index (χ0n) is 17.1. The summed E-state index contributed by atoms with van der Waals surface area (Å²) in [5, 5.41) is 0.634. The number of fused-ring (bicyclic) bond motifs is 2. The first kappa shape index (κ1) is 21.0. The summed E-state index contributed by atoms with van der Waals surface area (Å²) in [7, 11) is 1.82. The van der Waals surface area contributed by atoms with Crippen molar-refractivity contribution >= 4 is 39.4 Å². The van der Waals surface area contributed by atoms with E-state index in [-0.39, 0.29) is 22.3 Å². The summed E-state index contributed by atoms with van der Waals surface area (Å²) >= 11 is 5.97. The lowest BCUT2D eigenvalue weighted by molar-refractivity contribution is -0.141. The average molecular weight is 470 g/mol. The second-order valence-electron chi connectivity index (χ2n) is 7.53. The van der Waals surface area contributed by atoms with Crippen molar-refractivity contribution in [3.05, 3.63) is 82.0 Å². The van der Waals surface area contributed by atoms with Gasteiger partial charge in [-0.1, -0.05) is 17.7 Å². The van der Waals surface area contributed by atoms with Crippen LogP contribution in [0.25, 0.3) is 38.9 Å². The lowest BCUT2D eigenvalue weighted by atomic mass is 10.0. The van der Waals surface area contributed by atoms with Gasteiger partial charge in [0.05, 0.1) is 34.3 Å². The van der Waals surface area contributed by atoms with Crippen LogP contribution in [0.15, 0.2) is 65.7 Å². The van der Waals surface area contributed by atoms with Gasteiger partial charge in [0.15, 0.2) is 0 Å². The molecule has 5 aromatic rings. The third-order valence-electron chi connectivity index (χ3n) is 5.45. The van der Waals surface area contributed by atoms with Gasteiger partial charge in [0.1, 0.15) is 11.3 Å². The van der Waals surface area contributed by atoms with Gasteiger partial charge in [-0.2, -0.15) is 13.2 Å². The molecule has 0 fully saturated rings. The van der Waals surface area contributed by atoms with Crippen LogP contribution >= 0.6 is 11.6 Å². The summed E-state index contributed by atoms with van der Waals surface area (Å²) in [6.07, 6.45) is -3.04. The number of hydrogen-bond donors (Lipinski definition) is 1. The van der Waals surface area contributed by atoms with Gasteiger partial charge in [-0.25, -0.2) is 9.97 Å². The molecule has 0 aliphatic carbocycles. The minimum atomic E-state index is -4.69. The molecule has 0 aliphatic rings. The fourth-order valence-corrected chi connectivity index (χ4v) is 3.96. The summed E-state index contributed by atoms with van der Waals surface area (Å²) in [5.74, 6) is 0. The van der Waals surface area contributed by atoms with Gasteiger partial charge in [0, 0.05) is 17.5 Å². The number of halogens is 4. The van der Waals surface area contributed by atoms with Gasteiger partial charge in [0.2, 0.25) is 0 Å². The predicted molar refractivity (Wildman–Crippen MR) is 121 cm³/mol. The average Bonchev–Trinajstić information content (AvgIpc) is 3.14. The number of nitrogen functional groups attached to an aromatic ring is 1. The molecule has 33 heavy (non-hydrogen) atoms. The zero-order chi connectivity index (χ0) is 23.5. The number of pyridine rings is 2. The molecule has 0 amide bonds. The molecule has 3 aromatic heterocycles. The number of alkyl halides is 3. The SMILES string of the molecule is Cn1cnc2ccc(-c3c(N)c4ccc(C(F)(F)F)nc4n(-c4ccc(Cl)cc4)c3=O)cc21. The Kier molecular flexibility index (Phi) is 4.68. The molecular weight excluding hydrogens is 455 g/mol. The van der Waals surface area contributed by atoms with Gasteiger partial charge < -0.3 is 10.3 Å². The largest absolute Gasteiger partial charge is 0.433 e. The molecule has 0 saturated carbocycles. The van der Waals surface area contributed by atoms with Crippen molar-refractivity contribution in [1.29, 1.82) is 0 Å². The number of imidazole rings is 1. The van der Waals surface area contributed by atoms with Crippen molar-refractivity contribution in [2.24, 2.45) is 7.05 Å². The number of benzene rings is 2. The standard InChI is InChI=1S/C23H15ClF3N5O/c1-31-11-29-16-8-2-12(10-17(16)31)19-20(28)15-7-9-18(23(25,26)27)30-21(15)32(22(19)33)14-5-3-13(24)4-6-14/h2-11H,28H2,1H3. The number of aromatic nitrogens is 4. The molecule has 10 heteroatoms. The molecule has 5 rings (SSSR count). The van der Waals surface area contributed by atoms with Crippen molar-refractivity contribution in [2.45, 2.75) is 6.18 Å². The highest BCUT2D eigenvalue weighted by molar-refractivity contribution is 6.30. The van der Waals surface area contributed by atoms with Gasteiger partial charge in [0.25, 0.3) is 5.56 Å². The Morgan fingerprint density at radius 1 is 1.03 bits per heavy atom. The Labute approximate surface area is 189 Å². The van der Waals surface area contributed by atoms with E-state index in [1.54, 1.807) is 41.2 Å². The van der Waals surface area contributed by atoms with E-state index < -0.39 is 17.4 Å². The predicted octanol–water partition coefficient (Wildman–Crippen LogP) is 5.19. The Bertz CT molecular complexity index is 1600. The molecule has 3 heterocycles. The smallest absolute Gasteiger partial charge is 0.397 e. The van der Waals surface area contributed by atoms with Crippen LogP contribution in [0, 0.1) is 0 Å². The molecule has 6 nitrogen and oxygen atoms in total. The fraction of sp³-hybridized carbons (Fsp3) is 0.0870. The van der Waals surface area contributed by atoms with Crippen molar-refractivity contribution < 1.29 is 13.2 Å². The second kappa shape index (κ2) is 7.35. The molecule has 0 saturated heterocycles. The van der Waals surface area contributed by atoms with E-state index >= 15 is 0 Å². The normalized spacial score (nSPS) is 12.0. The topological polar surface area (TPSA) is 78.7 Å². The molecule has 0 atom stereocenters. The van der Waals surface area contributed by atoms with Crippen molar-refractivity contribution in [3.63, 3.8) is 0 Å². The van der Waals surface area contributed by atoms with Gasteiger partial charge >= 0.3 is 6.18 Å². The third-order valence-corrected chi connectivity index (χ3v) is 5.70. The lowest BCUT2D eigenvalue weighted by Gasteiger charge is -2.17. The maximum atomic E-state index is 13.7. The second-order valence-corrected chi connectivity index (χ2v) is 7.97. The molecule has 0 aliphatic heterocycles. The Balaban J connectivity index is 1.90. The molecule has 0 spiro atoms. The highest BCUT2D eigenvalue weighted by atomic mass is 35.5. The Morgan fingerprint density at radius 2 is 1.76 bits per heavy atom. The van der Waals surface area contributed by atoms with Gasteiger partial charge in [-0.05, 0) is 54.1 Å². The number of anilines is 1. The van der Waals surface area contributed by atoms with Crippen molar-refractivity contribution in [3.8, 4) is 16.8 Å². The first-order valence-electron chi connectivity index (χ1n) is 9.75. The van der Waals surface area contributed by atoms with Crippen LogP contribution in [-0.2, 0) is 13.2 Å². The van der Waals surface area contributed by atoms with E-state index in [0.717, 1.165) is 21.7 Å². The van der Waals surface area contributed by atoms with Gasteiger partial charge in [-0.15, -0.1) is 0 Å². The molecule has 166 valence electrons. The summed E-state index contributed by atoms with van der Waals surface area (Å²) in [6, 6.07) is 13.5. The first-order valence-corrected chi connectivity index (χ1v) is 10.1. The fourth-order valence-electron chi connectivity index (χ4n) is 3.84. The minimum absolute atomic E-state index is 0.0444. The van der Waals surface area contributed by atoms with E-state index in [1.165, 1.54) is 18.2 Å². The van der Waals surface area contributed by atoms with Crippen LogP contribution in [0.3, 0.4) is 0 Å². The van der Waals surface area contributed by atoms with Crippen LogP contribution < -0.4 is 11.3 Å². The van der Waals surface area contributed by atoms with E-state index in [1.807, 2.05) is 7.05 Å². The summed E-state index contributed by atoms with van der Waals surface area (Å²) in [5.41, 5.74) is 6.97. The van der Waals surface area contributed by atoms with E-state index in [2.05, 4.69) is 9.97 Å². The lowest BCUT2D eigenvalue weighted by Crippen LogP contribution is -2.24. The Morgan fingerprint density at radius 3 is 2.45 bits per heavy atom. The highest BCUT2D eigenvalue weighted by Gasteiger charge is 2.33. The number of nitrogens with two attached hydrogens (primary N) is 1. The number of nitrogens with zero attached hydrogens (tertiary/aromatic N) is 4. The number of aryl methyl sites for hydroxylation is 1. The molecular formula is C23H15ClF3N5O. The molecule has 0 bridgehead atoms. The molecule has 0 radical (unpaired) electrons. The highest BCUT2D eigenvalue weighted by Crippen LogP contribution is 2.34. The van der Waals surface area contributed by atoms with Crippen LogP contribution in [-0.4, -0.2) is 19.1 Å².